The quantitative estimate of drug-likeness (QED) is 0.693. The van der Waals surface area contributed by atoms with Crippen LogP contribution in [0.15, 0.2) is 36.7 Å². The van der Waals surface area contributed by atoms with Crippen LogP contribution in [-0.4, -0.2) is 21.7 Å². The van der Waals surface area contributed by atoms with Crippen LogP contribution in [0.4, 0.5) is 15.9 Å². The number of aromatic nitrogens is 2. The van der Waals surface area contributed by atoms with Gasteiger partial charge in [0.2, 0.25) is 0 Å². The Hall–Kier alpha value is -2.60. The van der Waals surface area contributed by atoms with E-state index >= 15 is 0 Å². The van der Waals surface area contributed by atoms with Crippen molar-refractivity contribution < 1.29 is 14.2 Å². The van der Waals surface area contributed by atoms with Crippen molar-refractivity contribution in [1.29, 1.82) is 0 Å². The molecule has 1 aliphatic rings. The number of benzene rings is 2. The number of nitrogens with one attached hydrogen (secondary N) is 1. The Morgan fingerprint density at radius 1 is 1.24 bits per heavy atom. The Labute approximate surface area is 148 Å². The normalized spacial score (nSPS) is 13.8. The lowest BCUT2D eigenvalue weighted by Crippen LogP contribution is -2.01. The molecule has 0 radical (unpaired) electrons. The zero-order chi connectivity index (χ0) is 17.4. The third-order valence-corrected chi connectivity index (χ3v) is 4.36. The molecular formula is C18H15ClFN3O2. The third-order valence-electron chi connectivity index (χ3n) is 4.07. The molecule has 0 atom stereocenters. The first-order valence-electron chi connectivity index (χ1n) is 7.93. The van der Waals surface area contributed by atoms with Crippen molar-refractivity contribution >= 4 is 34.0 Å². The van der Waals surface area contributed by atoms with Crippen molar-refractivity contribution in [3.8, 4) is 11.5 Å². The third kappa shape index (κ3) is 3.44. The predicted octanol–water partition coefficient (Wildman–Crippen LogP) is 4.66. The van der Waals surface area contributed by atoms with Crippen LogP contribution >= 0.6 is 11.6 Å². The van der Waals surface area contributed by atoms with Crippen molar-refractivity contribution in [2.75, 3.05) is 11.9 Å². The van der Waals surface area contributed by atoms with Gasteiger partial charge in [-0.25, -0.2) is 14.4 Å². The molecule has 0 bridgehead atoms. The summed E-state index contributed by atoms with van der Waals surface area (Å²) in [6.07, 6.45) is 3.71. The molecule has 5 nitrogen and oxygen atoms in total. The number of rotatable bonds is 5. The number of hydrogen-bond donors (Lipinski definition) is 2. The summed E-state index contributed by atoms with van der Waals surface area (Å²) < 4.78 is 19.0. The molecule has 0 amide bonds. The lowest BCUT2D eigenvalue weighted by atomic mass is 10.2. The van der Waals surface area contributed by atoms with E-state index in [0.29, 0.717) is 40.7 Å². The second kappa shape index (κ2) is 6.37. The first-order valence-corrected chi connectivity index (χ1v) is 8.30. The van der Waals surface area contributed by atoms with Gasteiger partial charge in [-0.3, -0.25) is 0 Å². The Balaban J connectivity index is 1.69. The summed E-state index contributed by atoms with van der Waals surface area (Å²) >= 11 is 5.82. The summed E-state index contributed by atoms with van der Waals surface area (Å²) in [5.74, 6) is 1.04. The maximum absolute atomic E-state index is 13.3. The lowest BCUT2D eigenvalue weighted by Gasteiger charge is -2.12. The maximum atomic E-state index is 13.3. The van der Waals surface area contributed by atoms with Crippen LogP contribution in [0.5, 0.6) is 11.5 Å². The van der Waals surface area contributed by atoms with Gasteiger partial charge in [0.15, 0.2) is 11.5 Å². The summed E-state index contributed by atoms with van der Waals surface area (Å²) in [5, 5.41) is 13.9. The van der Waals surface area contributed by atoms with Crippen LogP contribution in [0.3, 0.4) is 0 Å². The summed E-state index contributed by atoms with van der Waals surface area (Å²) in [7, 11) is 0. The van der Waals surface area contributed by atoms with Crippen LogP contribution < -0.4 is 10.1 Å². The molecule has 25 heavy (non-hydrogen) atoms. The van der Waals surface area contributed by atoms with Crippen LogP contribution in [0.25, 0.3) is 10.9 Å². The molecule has 1 fully saturated rings. The van der Waals surface area contributed by atoms with E-state index < -0.39 is 5.82 Å². The van der Waals surface area contributed by atoms with E-state index in [4.69, 9.17) is 16.3 Å². The fraction of sp³-hybridized carbons (Fsp3) is 0.222. The number of ether oxygens (including phenoxy) is 1. The fourth-order valence-electron chi connectivity index (χ4n) is 2.49. The van der Waals surface area contributed by atoms with Crippen molar-refractivity contribution in [2.24, 2.45) is 5.92 Å². The highest BCUT2D eigenvalue weighted by atomic mass is 35.5. The van der Waals surface area contributed by atoms with Crippen LogP contribution in [-0.2, 0) is 0 Å². The molecule has 0 saturated heterocycles. The minimum absolute atomic E-state index is 0.0226. The zero-order valence-corrected chi connectivity index (χ0v) is 13.9. The zero-order valence-electron chi connectivity index (χ0n) is 13.2. The molecule has 1 aliphatic carbocycles. The molecule has 1 aromatic heterocycles. The lowest BCUT2D eigenvalue weighted by molar-refractivity contribution is 0.285. The number of phenolic OH excluding ortho intramolecular Hbond substituents is 1. The van der Waals surface area contributed by atoms with E-state index in [2.05, 4.69) is 15.3 Å². The monoisotopic (exact) mass is 359 g/mol. The van der Waals surface area contributed by atoms with Crippen molar-refractivity contribution in [1.82, 2.24) is 9.97 Å². The Bertz CT molecular complexity index is 947. The van der Waals surface area contributed by atoms with Crippen molar-refractivity contribution in [3.05, 3.63) is 47.5 Å². The van der Waals surface area contributed by atoms with E-state index in [0.717, 1.165) is 12.8 Å². The summed E-state index contributed by atoms with van der Waals surface area (Å²) in [6.45, 7) is 0.586. The number of halogens is 2. The van der Waals surface area contributed by atoms with Gasteiger partial charge in [-0.05, 0) is 43.0 Å². The molecule has 1 saturated carbocycles. The average Bonchev–Trinajstić information content (AvgIpc) is 3.41. The minimum Gasteiger partial charge on any atom is -0.504 e. The van der Waals surface area contributed by atoms with Gasteiger partial charge in [-0.1, -0.05) is 11.6 Å². The molecule has 0 unspecified atom stereocenters. The highest BCUT2D eigenvalue weighted by Gasteiger charge is 2.22. The van der Waals surface area contributed by atoms with Crippen molar-refractivity contribution in [2.45, 2.75) is 12.8 Å². The molecular weight excluding hydrogens is 345 g/mol. The number of fused-ring (bicyclic) bond motifs is 1. The van der Waals surface area contributed by atoms with Gasteiger partial charge in [-0.2, -0.15) is 0 Å². The second-order valence-electron chi connectivity index (χ2n) is 6.07. The van der Waals surface area contributed by atoms with Crippen molar-refractivity contribution in [3.63, 3.8) is 0 Å². The fourth-order valence-corrected chi connectivity index (χ4v) is 2.67. The van der Waals surface area contributed by atoms with Gasteiger partial charge in [-0.15, -0.1) is 0 Å². The molecule has 0 spiro atoms. The van der Waals surface area contributed by atoms with Crippen LogP contribution in [0.2, 0.25) is 5.02 Å². The van der Waals surface area contributed by atoms with E-state index in [-0.39, 0.29) is 10.8 Å². The average molecular weight is 360 g/mol. The first kappa shape index (κ1) is 15.9. The Morgan fingerprint density at radius 3 is 2.84 bits per heavy atom. The van der Waals surface area contributed by atoms with Crippen LogP contribution in [0, 0.1) is 11.7 Å². The van der Waals surface area contributed by atoms with E-state index in [9.17, 15) is 9.50 Å². The smallest absolute Gasteiger partial charge is 0.161 e. The van der Waals surface area contributed by atoms with Gasteiger partial charge in [0.1, 0.15) is 18.0 Å². The SMILES string of the molecule is Oc1cc2ncnc(Nc3ccc(F)c(Cl)c3)c2cc1OCC1CC1. The molecule has 2 aromatic carbocycles. The summed E-state index contributed by atoms with van der Waals surface area (Å²) in [4.78, 5) is 8.41. The summed E-state index contributed by atoms with van der Waals surface area (Å²) in [6, 6.07) is 7.59. The van der Waals surface area contributed by atoms with Gasteiger partial charge in [0.05, 0.1) is 17.1 Å². The molecule has 1 heterocycles. The number of nitrogens with zero attached hydrogens (tertiary/aromatic N) is 2. The van der Waals surface area contributed by atoms with Crippen LogP contribution in [0.1, 0.15) is 12.8 Å². The molecule has 2 N–H and O–H groups in total. The van der Waals surface area contributed by atoms with E-state index in [1.165, 1.54) is 18.5 Å². The first-order chi connectivity index (χ1) is 12.1. The molecule has 0 aliphatic heterocycles. The number of aromatic hydroxyl groups is 1. The number of anilines is 2. The molecule has 7 heteroatoms. The highest BCUT2D eigenvalue weighted by molar-refractivity contribution is 6.31. The largest absolute Gasteiger partial charge is 0.504 e. The molecule has 3 aromatic rings. The standard InChI is InChI=1S/C18H15ClFN3O2/c19-13-5-11(3-4-14(13)20)23-18-12-6-17(25-8-10-1-2-10)16(24)7-15(12)21-9-22-18/h3-7,9-10,24H,1-2,8H2,(H,21,22,23). The maximum Gasteiger partial charge on any atom is 0.161 e. The summed E-state index contributed by atoms with van der Waals surface area (Å²) in [5.41, 5.74) is 1.17. The Kier molecular flexibility index (Phi) is 4.05. The van der Waals surface area contributed by atoms with E-state index in [1.54, 1.807) is 18.2 Å². The second-order valence-corrected chi connectivity index (χ2v) is 6.47. The number of hydrogen-bond acceptors (Lipinski definition) is 5. The molecule has 4 rings (SSSR count). The number of phenols is 1. The van der Waals surface area contributed by atoms with Gasteiger partial charge >= 0.3 is 0 Å². The predicted molar refractivity (Wildman–Crippen MR) is 94.1 cm³/mol. The topological polar surface area (TPSA) is 67.3 Å². The Morgan fingerprint density at radius 2 is 2.08 bits per heavy atom. The molecule has 128 valence electrons. The van der Waals surface area contributed by atoms with Gasteiger partial charge in [0.25, 0.3) is 0 Å². The minimum atomic E-state index is -0.486. The van der Waals surface area contributed by atoms with E-state index in [1.807, 2.05) is 0 Å². The van der Waals surface area contributed by atoms with Gasteiger partial charge < -0.3 is 15.2 Å². The highest BCUT2D eigenvalue weighted by Crippen LogP contribution is 2.36. The van der Waals surface area contributed by atoms with Gasteiger partial charge in [0, 0.05) is 17.1 Å².